The number of hydrogen-bond acceptors (Lipinski definition) is 5. The van der Waals surface area contributed by atoms with E-state index < -0.39 is 0 Å². The van der Waals surface area contributed by atoms with Crippen LogP contribution in [0.2, 0.25) is 0 Å². The number of nitrogens with two attached hydrogens (primary N) is 2. The summed E-state index contributed by atoms with van der Waals surface area (Å²) in [7, 11) is 3.11. The number of carbonyl (C=O) groups excluding carboxylic acids is 2. The van der Waals surface area contributed by atoms with Crippen molar-refractivity contribution in [2.24, 2.45) is 0 Å². The Bertz CT molecular complexity index is 919. The van der Waals surface area contributed by atoms with Gasteiger partial charge in [0.25, 0.3) is 11.8 Å². The van der Waals surface area contributed by atoms with E-state index in [0.29, 0.717) is 28.1 Å². The molecule has 6 N–H and O–H groups in total. The zero-order valence-electron chi connectivity index (χ0n) is 15.6. The van der Waals surface area contributed by atoms with Crippen molar-refractivity contribution in [1.82, 2.24) is 10.6 Å². The van der Waals surface area contributed by atoms with Gasteiger partial charge in [-0.1, -0.05) is 15.9 Å². The lowest BCUT2D eigenvalue weighted by Crippen LogP contribution is -2.20. The Morgan fingerprint density at radius 1 is 0.926 bits per heavy atom. The van der Waals surface area contributed by atoms with Gasteiger partial charge in [-0.15, -0.1) is 0 Å². The highest BCUT2D eigenvalue weighted by Crippen LogP contribution is 2.23. The first kappa shape index (κ1) is 22.0. The number of halogens is 1. The number of carbonyl (C=O) groups is 2. The first-order chi connectivity index (χ1) is 12.7. The Kier molecular flexibility index (Phi) is 7.81. The lowest BCUT2D eigenvalue weighted by Gasteiger charge is -2.07. The van der Waals surface area contributed by atoms with E-state index in [0.717, 1.165) is 15.6 Å². The van der Waals surface area contributed by atoms with Crippen LogP contribution in [0.15, 0.2) is 28.7 Å². The summed E-state index contributed by atoms with van der Waals surface area (Å²) < 4.78 is 0.859. The number of nitrogen functional groups attached to an aromatic ring is 2. The van der Waals surface area contributed by atoms with Gasteiger partial charge in [-0.05, 0) is 49.2 Å². The molecule has 0 aromatic heterocycles. The SMILES string of the molecule is CNC(=O)c1cc(Br)cc(C)c1N.CNC(=O)c1cc(C#N)cc(C)c1N. The van der Waals surface area contributed by atoms with Crippen LogP contribution in [-0.2, 0) is 0 Å². The molecular formula is C19H22BrN5O2. The zero-order valence-corrected chi connectivity index (χ0v) is 17.2. The molecule has 2 amide bonds. The predicted octanol–water partition coefficient (Wildman–Crippen LogP) is 2.51. The van der Waals surface area contributed by atoms with Crippen LogP contribution < -0.4 is 22.1 Å². The summed E-state index contributed by atoms with van der Waals surface area (Å²) in [4.78, 5) is 22.7. The smallest absolute Gasteiger partial charge is 0.253 e. The highest BCUT2D eigenvalue weighted by molar-refractivity contribution is 9.10. The van der Waals surface area contributed by atoms with Crippen molar-refractivity contribution in [3.05, 3.63) is 56.6 Å². The molecule has 8 heteroatoms. The third-order valence-electron chi connectivity index (χ3n) is 3.81. The summed E-state index contributed by atoms with van der Waals surface area (Å²) >= 11 is 3.31. The monoisotopic (exact) mass is 431 g/mol. The van der Waals surface area contributed by atoms with E-state index in [-0.39, 0.29) is 11.8 Å². The van der Waals surface area contributed by atoms with Crippen LogP contribution in [0.5, 0.6) is 0 Å². The molecule has 0 saturated carbocycles. The lowest BCUT2D eigenvalue weighted by atomic mass is 10.0. The number of aryl methyl sites for hydroxylation is 2. The zero-order chi connectivity index (χ0) is 20.7. The number of hydrogen-bond donors (Lipinski definition) is 4. The van der Waals surface area contributed by atoms with Crippen molar-refractivity contribution < 1.29 is 9.59 Å². The molecule has 0 aliphatic heterocycles. The van der Waals surface area contributed by atoms with Gasteiger partial charge in [-0.25, -0.2) is 0 Å². The third kappa shape index (κ3) is 5.46. The van der Waals surface area contributed by atoms with E-state index in [1.807, 2.05) is 19.1 Å². The van der Waals surface area contributed by atoms with E-state index in [2.05, 4.69) is 26.6 Å². The fraction of sp³-hybridized carbons (Fsp3) is 0.211. The molecule has 0 atom stereocenters. The number of nitrogens with zero attached hydrogens (tertiary/aromatic N) is 1. The summed E-state index contributed by atoms with van der Waals surface area (Å²) in [5.74, 6) is -0.440. The van der Waals surface area contributed by atoms with Gasteiger partial charge in [0.15, 0.2) is 0 Å². The Balaban J connectivity index is 0.000000271. The van der Waals surface area contributed by atoms with E-state index in [1.165, 1.54) is 13.1 Å². The molecule has 0 spiro atoms. The quantitative estimate of drug-likeness (QED) is 0.541. The minimum atomic E-state index is -0.275. The van der Waals surface area contributed by atoms with Gasteiger partial charge in [0.1, 0.15) is 0 Å². The van der Waals surface area contributed by atoms with Gasteiger partial charge in [0.2, 0.25) is 0 Å². The van der Waals surface area contributed by atoms with Crippen molar-refractivity contribution in [2.45, 2.75) is 13.8 Å². The van der Waals surface area contributed by atoms with Crippen molar-refractivity contribution in [3.8, 4) is 6.07 Å². The average Bonchev–Trinajstić information content (AvgIpc) is 2.65. The van der Waals surface area contributed by atoms with Crippen LogP contribution in [-0.4, -0.2) is 25.9 Å². The first-order valence-electron chi connectivity index (χ1n) is 7.96. The number of nitrogens with one attached hydrogen (secondary N) is 2. The van der Waals surface area contributed by atoms with Gasteiger partial charge in [-0.3, -0.25) is 9.59 Å². The molecule has 0 aliphatic carbocycles. The van der Waals surface area contributed by atoms with Crippen LogP contribution in [0, 0.1) is 25.2 Å². The largest absolute Gasteiger partial charge is 0.398 e. The molecule has 2 aromatic rings. The van der Waals surface area contributed by atoms with Gasteiger partial charge >= 0.3 is 0 Å². The van der Waals surface area contributed by atoms with Crippen molar-refractivity contribution in [1.29, 1.82) is 5.26 Å². The minimum absolute atomic E-state index is 0.165. The summed E-state index contributed by atoms with van der Waals surface area (Å²) in [5.41, 5.74) is 15.3. The molecule has 0 aliphatic rings. The normalized spacial score (nSPS) is 9.48. The predicted molar refractivity (Wildman–Crippen MR) is 110 cm³/mol. The Morgan fingerprint density at radius 3 is 1.81 bits per heavy atom. The highest BCUT2D eigenvalue weighted by atomic mass is 79.9. The molecule has 0 unspecified atom stereocenters. The first-order valence-corrected chi connectivity index (χ1v) is 8.75. The van der Waals surface area contributed by atoms with Crippen LogP contribution in [0.3, 0.4) is 0 Å². The summed E-state index contributed by atoms with van der Waals surface area (Å²) in [6, 6.07) is 8.71. The molecule has 0 bridgehead atoms. The maximum absolute atomic E-state index is 11.4. The highest BCUT2D eigenvalue weighted by Gasteiger charge is 2.11. The molecule has 27 heavy (non-hydrogen) atoms. The minimum Gasteiger partial charge on any atom is -0.398 e. The number of benzene rings is 2. The maximum atomic E-state index is 11.4. The van der Waals surface area contributed by atoms with Gasteiger partial charge in [0, 0.05) is 29.9 Å². The van der Waals surface area contributed by atoms with Crippen LogP contribution in [0.25, 0.3) is 0 Å². The van der Waals surface area contributed by atoms with E-state index >= 15 is 0 Å². The lowest BCUT2D eigenvalue weighted by molar-refractivity contribution is 0.0955. The second-order valence-corrected chi connectivity index (χ2v) is 6.62. The van der Waals surface area contributed by atoms with Crippen LogP contribution >= 0.6 is 15.9 Å². The molecule has 0 saturated heterocycles. The number of nitriles is 1. The Labute approximate surface area is 166 Å². The van der Waals surface area contributed by atoms with Gasteiger partial charge < -0.3 is 22.1 Å². The number of rotatable bonds is 2. The van der Waals surface area contributed by atoms with Crippen molar-refractivity contribution >= 4 is 39.1 Å². The summed E-state index contributed by atoms with van der Waals surface area (Å²) in [6.45, 7) is 3.63. The summed E-state index contributed by atoms with van der Waals surface area (Å²) in [6.07, 6.45) is 0. The molecule has 142 valence electrons. The van der Waals surface area contributed by atoms with E-state index in [9.17, 15) is 9.59 Å². The third-order valence-corrected chi connectivity index (χ3v) is 4.27. The molecule has 2 aromatic carbocycles. The average molecular weight is 432 g/mol. The standard InChI is InChI=1S/C10H11N3O.C9H11BrN2O/c1-6-3-7(5-11)4-8(9(6)12)10(14)13-2;1-5-3-6(10)4-7(8(5)11)9(13)12-2/h3-4H,12H2,1-2H3,(H,13,14);3-4H,11H2,1-2H3,(H,12,13). The second kappa shape index (κ2) is 9.59. The van der Waals surface area contributed by atoms with Crippen molar-refractivity contribution in [2.75, 3.05) is 25.6 Å². The fourth-order valence-corrected chi connectivity index (χ4v) is 2.83. The van der Waals surface area contributed by atoms with Crippen LogP contribution in [0.1, 0.15) is 37.4 Å². The maximum Gasteiger partial charge on any atom is 0.253 e. The molecule has 2 rings (SSSR count). The van der Waals surface area contributed by atoms with Crippen molar-refractivity contribution in [3.63, 3.8) is 0 Å². The van der Waals surface area contributed by atoms with Gasteiger partial charge in [0.05, 0.1) is 22.8 Å². The molecule has 0 radical (unpaired) electrons. The van der Waals surface area contributed by atoms with E-state index in [1.54, 1.807) is 26.1 Å². The molecule has 0 heterocycles. The number of anilines is 2. The van der Waals surface area contributed by atoms with Gasteiger partial charge in [-0.2, -0.15) is 5.26 Å². The number of amides is 2. The molecule has 0 fully saturated rings. The Morgan fingerprint density at radius 2 is 1.37 bits per heavy atom. The summed E-state index contributed by atoms with van der Waals surface area (Å²) in [5, 5.41) is 13.7. The topological polar surface area (TPSA) is 134 Å². The van der Waals surface area contributed by atoms with E-state index in [4.69, 9.17) is 16.7 Å². The van der Waals surface area contributed by atoms with Crippen LogP contribution in [0.4, 0.5) is 11.4 Å². The fourth-order valence-electron chi connectivity index (χ4n) is 2.26. The second-order valence-electron chi connectivity index (χ2n) is 5.71. The Hall–Kier alpha value is -3.05. The molecule has 7 nitrogen and oxygen atoms in total. The molecular weight excluding hydrogens is 410 g/mol.